The Morgan fingerprint density at radius 2 is 2.19 bits per heavy atom. The second-order valence-electron chi connectivity index (χ2n) is 6.39. The minimum Gasteiger partial charge on any atom is -0.390 e. The fraction of sp³-hybridized carbons (Fsp3) is 0.333. The van der Waals surface area contributed by atoms with Crippen LogP contribution in [-0.4, -0.2) is 49.1 Å². The van der Waals surface area contributed by atoms with Crippen molar-refractivity contribution in [3.05, 3.63) is 58.9 Å². The molecule has 1 aliphatic rings. The molecular formula is C18H18ClFN4O2S. The van der Waals surface area contributed by atoms with Crippen LogP contribution in [-0.2, 0) is 6.42 Å². The van der Waals surface area contributed by atoms with Crippen LogP contribution in [0, 0.1) is 5.82 Å². The first-order valence-corrected chi connectivity index (χ1v) is 9.95. The first-order chi connectivity index (χ1) is 13.0. The molecule has 0 spiro atoms. The van der Waals surface area contributed by atoms with Gasteiger partial charge in [-0.15, -0.1) is 11.8 Å². The van der Waals surface area contributed by atoms with E-state index in [4.69, 9.17) is 11.6 Å². The number of hydrogen-bond donors (Lipinski definition) is 3. The Bertz CT molecular complexity index is 970. The summed E-state index contributed by atoms with van der Waals surface area (Å²) in [7, 11) is 0. The summed E-state index contributed by atoms with van der Waals surface area (Å²) >= 11 is 7.32. The van der Waals surface area contributed by atoms with Crippen molar-refractivity contribution in [2.45, 2.75) is 23.9 Å². The Hall–Kier alpha value is -1.87. The molecule has 0 radical (unpaired) electrons. The first kappa shape index (κ1) is 18.5. The number of anilines is 1. The van der Waals surface area contributed by atoms with Crippen molar-refractivity contribution in [1.82, 2.24) is 14.4 Å². The van der Waals surface area contributed by atoms with Crippen LogP contribution in [0.2, 0.25) is 5.02 Å². The van der Waals surface area contributed by atoms with Crippen LogP contribution in [0.5, 0.6) is 0 Å². The second kappa shape index (κ2) is 7.63. The molecule has 0 bridgehead atoms. The normalized spacial score (nSPS) is 22.4. The third-order valence-electron chi connectivity index (χ3n) is 4.59. The molecule has 3 heterocycles. The molecule has 2 aromatic heterocycles. The predicted molar refractivity (Wildman–Crippen MR) is 104 cm³/mol. The van der Waals surface area contributed by atoms with Crippen LogP contribution in [0.1, 0.15) is 16.5 Å². The summed E-state index contributed by atoms with van der Waals surface area (Å²) in [6, 6.07) is 4.68. The second-order valence-corrected chi connectivity index (χ2v) is 7.97. The number of benzene rings is 1. The van der Waals surface area contributed by atoms with Crippen LogP contribution in [0.25, 0.3) is 5.65 Å². The van der Waals surface area contributed by atoms with Crippen molar-refractivity contribution in [3.63, 3.8) is 0 Å². The van der Waals surface area contributed by atoms with Gasteiger partial charge >= 0.3 is 0 Å². The van der Waals surface area contributed by atoms with E-state index < -0.39 is 18.0 Å². The Labute approximate surface area is 164 Å². The number of aliphatic hydroxyl groups is 2. The van der Waals surface area contributed by atoms with Gasteiger partial charge in [0.05, 0.1) is 34.4 Å². The third-order valence-corrected chi connectivity index (χ3v) is 6.29. The predicted octanol–water partition coefficient (Wildman–Crippen LogP) is 2.69. The fourth-order valence-electron chi connectivity index (χ4n) is 3.16. The first-order valence-electron chi connectivity index (χ1n) is 8.52. The van der Waals surface area contributed by atoms with Crippen LogP contribution in [0.3, 0.4) is 0 Å². The van der Waals surface area contributed by atoms with Crippen molar-refractivity contribution >= 4 is 34.8 Å². The Kier molecular flexibility index (Phi) is 5.23. The maximum absolute atomic E-state index is 13.2. The average Bonchev–Trinajstić information content (AvgIpc) is 3.22. The van der Waals surface area contributed by atoms with Crippen LogP contribution < -0.4 is 5.32 Å². The summed E-state index contributed by atoms with van der Waals surface area (Å²) in [6.07, 6.45) is 4.27. The quantitative estimate of drug-likeness (QED) is 0.602. The van der Waals surface area contributed by atoms with E-state index in [0.717, 1.165) is 11.3 Å². The van der Waals surface area contributed by atoms with Crippen LogP contribution in [0.15, 0.2) is 36.8 Å². The lowest BCUT2D eigenvalue weighted by molar-refractivity contribution is 0.0411. The fourth-order valence-corrected chi connectivity index (χ4v) is 4.68. The molecule has 1 aliphatic heterocycles. The summed E-state index contributed by atoms with van der Waals surface area (Å²) in [5.74, 6) is 0.687. The number of fused-ring (bicyclic) bond motifs is 1. The average molecular weight is 409 g/mol. The lowest BCUT2D eigenvalue weighted by Gasteiger charge is -2.15. The maximum atomic E-state index is 13.2. The van der Waals surface area contributed by atoms with E-state index in [0.29, 0.717) is 30.2 Å². The van der Waals surface area contributed by atoms with Gasteiger partial charge in [-0.3, -0.25) is 4.40 Å². The molecule has 1 saturated heterocycles. The van der Waals surface area contributed by atoms with Gasteiger partial charge in [-0.1, -0.05) is 17.7 Å². The van der Waals surface area contributed by atoms with E-state index in [9.17, 15) is 14.6 Å². The number of thioether (sulfide) groups is 1. The molecule has 0 unspecified atom stereocenters. The number of aliphatic hydroxyl groups excluding tert-OH is 2. The minimum atomic E-state index is -0.817. The lowest BCUT2D eigenvalue weighted by Crippen LogP contribution is -2.25. The van der Waals surface area contributed by atoms with Crippen LogP contribution in [0.4, 0.5) is 10.2 Å². The highest BCUT2D eigenvalue weighted by molar-refractivity contribution is 7.99. The van der Waals surface area contributed by atoms with E-state index in [2.05, 4.69) is 15.3 Å². The summed E-state index contributed by atoms with van der Waals surface area (Å²) < 4.78 is 15.1. The van der Waals surface area contributed by atoms with E-state index in [1.807, 2.05) is 4.40 Å². The Balaban J connectivity index is 1.50. The summed E-state index contributed by atoms with van der Waals surface area (Å²) in [5.41, 5.74) is 2.40. The highest BCUT2D eigenvalue weighted by Crippen LogP contribution is 2.40. The monoisotopic (exact) mass is 408 g/mol. The lowest BCUT2D eigenvalue weighted by atomic mass is 10.1. The number of nitrogens with zero attached hydrogens (tertiary/aromatic N) is 3. The van der Waals surface area contributed by atoms with Gasteiger partial charge in [0.1, 0.15) is 5.82 Å². The van der Waals surface area contributed by atoms with E-state index in [1.165, 1.54) is 17.8 Å². The molecule has 0 saturated carbocycles. The SMILES string of the molecule is O[C@@H]1[C@H](O)CS[C@H]1c1cnc2c(NCCc3ccc(F)c(Cl)c3)nccn12. The van der Waals surface area contributed by atoms with Crippen molar-refractivity contribution in [2.24, 2.45) is 0 Å². The number of halogens is 2. The van der Waals surface area contributed by atoms with Gasteiger partial charge in [-0.2, -0.15) is 0 Å². The molecule has 3 atom stereocenters. The molecule has 1 fully saturated rings. The zero-order valence-corrected chi connectivity index (χ0v) is 15.8. The Morgan fingerprint density at radius 1 is 1.33 bits per heavy atom. The zero-order valence-electron chi connectivity index (χ0n) is 14.2. The standard InChI is InChI=1S/C18H18ClFN4O2S/c19-11-7-10(1-2-12(11)20)3-4-21-17-18-23-8-13(24(18)6-5-22-17)16-15(26)14(25)9-27-16/h1-2,5-8,14-16,25-26H,3-4,9H2,(H,21,22)/t14-,15-,16+/m1/s1. The maximum Gasteiger partial charge on any atom is 0.180 e. The van der Waals surface area contributed by atoms with Crippen molar-refractivity contribution in [2.75, 3.05) is 17.6 Å². The van der Waals surface area contributed by atoms with Crippen molar-refractivity contribution in [3.8, 4) is 0 Å². The molecule has 1 aromatic carbocycles. The summed E-state index contributed by atoms with van der Waals surface area (Å²) in [4.78, 5) is 8.78. The topological polar surface area (TPSA) is 82.7 Å². The van der Waals surface area contributed by atoms with Crippen molar-refractivity contribution in [1.29, 1.82) is 0 Å². The molecule has 4 rings (SSSR count). The van der Waals surface area contributed by atoms with Gasteiger partial charge in [-0.05, 0) is 24.1 Å². The van der Waals surface area contributed by atoms with Gasteiger partial charge in [-0.25, -0.2) is 14.4 Å². The van der Waals surface area contributed by atoms with E-state index >= 15 is 0 Å². The van der Waals surface area contributed by atoms with Crippen molar-refractivity contribution < 1.29 is 14.6 Å². The van der Waals surface area contributed by atoms with Gasteiger partial charge in [0.25, 0.3) is 0 Å². The number of hydrogen-bond acceptors (Lipinski definition) is 6. The van der Waals surface area contributed by atoms with Gasteiger partial charge < -0.3 is 15.5 Å². The van der Waals surface area contributed by atoms with E-state index in [-0.39, 0.29) is 10.3 Å². The molecule has 6 nitrogen and oxygen atoms in total. The van der Waals surface area contributed by atoms with Gasteiger partial charge in [0.2, 0.25) is 0 Å². The molecule has 0 amide bonds. The molecule has 9 heteroatoms. The number of nitrogens with one attached hydrogen (secondary N) is 1. The Morgan fingerprint density at radius 3 is 2.93 bits per heavy atom. The minimum absolute atomic E-state index is 0.112. The third kappa shape index (κ3) is 3.62. The van der Waals surface area contributed by atoms with Gasteiger partial charge in [0.15, 0.2) is 11.5 Å². The highest BCUT2D eigenvalue weighted by atomic mass is 35.5. The molecule has 0 aliphatic carbocycles. The molecular weight excluding hydrogens is 391 g/mol. The molecule has 3 N–H and O–H groups in total. The molecule has 27 heavy (non-hydrogen) atoms. The van der Waals surface area contributed by atoms with E-state index in [1.54, 1.807) is 30.7 Å². The smallest absolute Gasteiger partial charge is 0.180 e. The highest BCUT2D eigenvalue weighted by Gasteiger charge is 2.37. The zero-order chi connectivity index (χ0) is 19.0. The number of imidazole rings is 1. The molecule has 142 valence electrons. The molecule has 3 aromatic rings. The summed E-state index contributed by atoms with van der Waals surface area (Å²) in [6.45, 7) is 0.580. The number of rotatable bonds is 5. The van der Waals surface area contributed by atoms with Gasteiger partial charge in [0, 0.05) is 24.7 Å². The number of aromatic nitrogens is 3. The largest absolute Gasteiger partial charge is 0.390 e. The van der Waals surface area contributed by atoms with Crippen LogP contribution >= 0.6 is 23.4 Å². The summed E-state index contributed by atoms with van der Waals surface area (Å²) in [5, 5.41) is 23.1.